The minimum Gasteiger partial charge on any atom is -0.508 e. The lowest BCUT2D eigenvalue weighted by Gasteiger charge is -2.18. The first-order chi connectivity index (χ1) is 9.45. The molecule has 0 aliphatic carbocycles. The van der Waals surface area contributed by atoms with Gasteiger partial charge in [0.1, 0.15) is 5.75 Å². The van der Waals surface area contributed by atoms with E-state index >= 15 is 0 Å². The molecule has 0 saturated heterocycles. The van der Waals surface area contributed by atoms with E-state index in [9.17, 15) is 9.90 Å². The van der Waals surface area contributed by atoms with Crippen LogP contribution in [-0.2, 0) is 6.54 Å². The zero-order chi connectivity index (χ0) is 14.7. The van der Waals surface area contributed by atoms with Crippen LogP contribution in [0.3, 0.4) is 0 Å². The van der Waals surface area contributed by atoms with Crippen LogP contribution in [0.25, 0.3) is 0 Å². The van der Waals surface area contributed by atoms with E-state index in [-0.39, 0.29) is 11.7 Å². The summed E-state index contributed by atoms with van der Waals surface area (Å²) in [6, 6.07) is 12.1. The third-order valence-corrected chi connectivity index (χ3v) is 3.05. The Morgan fingerprint density at radius 1 is 1.20 bits per heavy atom. The first kappa shape index (κ1) is 13.9. The second-order valence-electron chi connectivity index (χ2n) is 4.96. The van der Waals surface area contributed by atoms with E-state index in [0.29, 0.717) is 17.8 Å². The van der Waals surface area contributed by atoms with Gasteiger partial charge in [0.15, 0.2) is 0 Å². The van der Waals surface area contributed by atoms with Crippen molar-refractivity contribution in [3.8, 4) is 5.75 Å². The van der Waals surface area contributed by atoms with Crippen LogP contribution in [-0.4, -0.2) is 23.0 Å². The topological polar surface area (TPSA) is 66.6 Å². The first-order valence-electron chi connectivity index (χ1n) is 6.36. The number of benzene rings is 2. The van der Waals surface area contributed by atoms with Gasteiger partial charge in [0.25, 0.3) is 5.91 Å². The van der Waals surface area contributed by atoms with E-state index in [1.54, 1.807) is 42.3 Å². The Hall–Kier alpha value is -2.49. The van der Waals surface area contributed by atoms with Crippen molar-refractivity contribution in [1.29, 1.82) is 0 Å². The average Bonchev–Trinajstić information content (AvgIpc) is 2.39. The van der Waals surface area contributed by atoms with E-state index in [2.05, 4.69) is 0 Å². The molecule has 0 aromatic heterocycles. The van der Waals surface area contributed by atoms with Crippen LogP contribution in [0.2, 0.25) is 0 Å². The van der Waals surface area contributed by atoms with Crippen LogP contribution in [0.4, 0.5) is 5.69 Å². The van der Waals surface area contributed by atoms with Crippen LogP contribution in [0.1, 0.15) is 21.5 Å². The van der Waals surface area contributed by atoms with Crippen LogP contribution >= 0.6 is 0 Å². The molecule has 4 heteroatoms. The van der Waals surface area contributed by atoms with Crippen molar-refractivity contribution in [2.45, 2.75) is 13.5 Å². The SMILES string of the molecule is Cc1cc(N)cc(C(=O)N(C)Cc2ccc(O)cc2)c1. The van der Waals surface area contributed by atoms with Gasteiger partial charge in [-0.05, 0) is 48.4 Å². The Bertz CT molecular complexity index is 601. The van der Waals surface area contributed by atoms with Crippen LogP contribution in [0.5, 0.6) is 5.75 Å². The number of hydrogen-bond acceptors (Lipinski definition) is 3. The zero-order valence-corrected chi connectivity index (χ0v) is 11.6. The summed E-state index contributed by atoms with van der Waals surface area (Å²) in [5.41, 5.74) is 8.87. The van der Waals surface area contributed by atoms with E-state index in [1.165, 1.54) is 0 Å². The van der Waals surface area contributed by atoms with Gasteiger partial charge < -0.3 is 15.7 Å². The van der Waals surface area contributed by atoms with Gasteiger partial charge >= 0.3 is 0 Å². The normalized spacial score (nSPS) is 10.3. The van der Waals surface area contributed by atoms with Crippen molar-refractivity contribution >= 4 is 11.6 Å². The van der Waals surface area contributed by atoms with Gasteiger partial charge in [0, 0.05) is 24.8 Å². The molecule has 0 heterocycles. The van der Waals surface area contributed by atoms with Gasteiger partial charge in [-0.2, -0.15) is 0 Å². The maximum atomic E-state index is 12.3. The Morgan fingerprint density at radius 2 is 1.85 bits per heavy atom. The largest absolute Gasteiger partial charge is 0.508 e. The molecule has 104 valence electrons. The number of hydrogen-bond donors (Lipinski definition) is 2. The summed E-state index contributed by atoms with van der Waals surface area (Å²) in [5.74, 6) is 0.141. The molecule has 1 amide bonds. The van der Waals surface area contributed by atoms with Crippen LogP contribution in [0.15, 0.2) is 42.5 Å². The zero-order valence-electron chi connectivity index (χ0n) is 11.6. The molecule has 2 aromatic rings. The summed E-state index contributed by atoms with van der Waals surface area (Å²) in [5, 5.41) is 9.24. The minimum absolute atomic E-state index is 0.0755. The van der Waals surface area contributed by atoms with Crippen molar-refractivity contribution in [3.63, 3.8) is 0 Å². The van der Waals surface area contributed by atoms with Gasteiger partial charge in [-0.3, -0.25) is 4.79 Å². The number of aromatic hydroxyl groups is 1. The van der Waals surface area contributed by atoms with E-state index in [1.807, 2.05) is 19.1 Å². The molecule has 0 saturated carbocycles. The van der Waals surface area contributed by atoms with Gasteiger partial charge in [0.05, 0.1) is 0 Å². The summed E-state index contributed by atoms with van der Waals surface area (Å²) in [7, 11) is 1.74. The van der Waals surface area contributed by atoms with Crippen molar-refractivity contribution in [2.75, 3.05) is 12.8 Å². The number of phenols is 1. The minimum atomic E-state index is -0.0755. The van der Waals surface area contributed by atoms with E-state index < -0.39 is 0 Å². The Balaban J connectivity index is 2.14. The summed E-state index contributed by atoms with van der Waals surface area (Å²) in [4.78, 5) is 14.0. The molecule has 2 aromatic carbocycles. The monoisotopic (exact) mass is 270 g/mol. The molecule has 0 atom stereocenters. The molecular weight excluding hydrogens is 252 g/mol. The van der Waals surface area contributed by atoms with E-state index in [0.717, 1.165) is 11.1 Å². The molecule has 0 aliphatic heterocycles. The Labute approximate surface area is 118 Å². The third-order valence-electron chi connectivity index (χ3n) is 3.05. The number of phenolic OH excluding ortho intramolecular Hbond substituents is 1. The van der Waals surface area contributed by atoms with Gasteiger partial charge in [-0.1, -0.05) is 12.1 Å². The number of nitrogens with zero attached hydrogens (tertiary/aromatic N) is 1. The number of aryl methyl sites for hydroxylation is 1. The lowest BCUT2D eigenvalue weighted by Crippen LogP contribution is -2.26. The molecule has 2 rings (SSSR count). The highest BCUT2D eigenvalue weighted by atomic mass is 16.3. The average molecular weight is 270 g/mol. The van der Waals surface area contributed by atoms with Crippen molar-refractivity contribution in [3.05, 3.63) is 59.2 Å². The number of amides is 1. The Kier molecular flexibility index (Phi) is 3.94. The molecule has 0 aliphatic rings. The molecule has 3 N–H and O–H groups in total. The standard InChI is InChI=1S/C16H18N2O2/c1-11-7-13(9-14(17)8-11)16(20)18(2)10-12-3-5-15(19)6-4-12/h3-9,19H,10,17H2,1-2H3. The highest BCUT2D eigenvalue weighted by Crippen LogP contribution is 2.15. The lowest BCUT2D eigenvalue weighted by molar-refractivity contribution is 0.0785. The number of carbonyl (C=O) groups is 1. The summed E-state index contributed by atoms with van der Waals surface area (Å²) >= 11 is 0. The fourth-order valence-corrected chi connectivity index (χ4v) is 2.10. The fourth-order valence-electron chi connectivity index (χ4n) is 2.10. The fraction of sp³-hybridized carbons (Fsp3) is 0.188. The predicted molar refractivity (Wildman–Crippen MR) is 79.5 cm³/mol. The summed E-state index contributed by atoms with van der Waals surface area (Å²) < 4.78 is 0. The van der Waals surface area contributed by atoms with Crippen LogP contribution < -0.4 is 5.73 Å². The highest BCUT2D eigenvalue weighted by molar-refractivity contribution is 5.95. The number of carbonyl (C=O) groups excluding carboxylic acids is 1. The maximum Gasteiger partial charge on any atom is 0.253 e. The number of nitrogens with two attached hydrogens (primary N) is 1. The van der Waals surface area contributed by atoms with Gasteiger partial charge in [-0.15, -0.1) is 0 Å². The number of rotatable bonds is 3. The van der Waals surface area contributed by atoms with Gasteiger partial charge in [-0.25, -0.2) is 0 Å². The molecule has 0 radical (unpaired) electrons. The molecule has 20 heavy (non-hydrogen) atoms. The molecule has 0 bridgehead atoms. The van der Waals surface area contributed by atoms with Crippen molar-refractivity contribution in [2.24, 2.45) is 0 Å². The predicted octanol–water partition coefficient (Wildman–Crippen LogP) is 2.56. The maximum absolute atomic E-state index is 12.3. The number of nitrogen functional groups attached to an aromatic ring is 1. The number of anilines is 1. The summed E-state index contributed by atoms with van der Waals surface area (Å²) in [6.45, 7) is 2.39. The van der Waals surface area contributed by atoms with Crippen molar-refractivity contribution < 1.29 is 9.90 Å². The van der Waals surface area contributed by atoms with Gasteiger partial charge in [0.2, 0.25) is 0 Å². The summed E-state index contributed by atoms with van der Waals surface area (Å²) in [6.07, 6.45) is 0. The molecular formula is C16H18N2O2. The molecule has 0 fully saturated rings. The van der Waals surface area contributed by atoms with E-state index in [4.69, 9.17) is 5.73 Å². The van der Waals surface area contributed by atoms with Crippen LogP contribution in [0, 0.1) is 6.92 Å². The first-order valence-corrected chi connectivity index (χ1v) is 6.36. The molecule has 0 unspecified atom stereocenters. The quantitative estimate of drug-likeness (QED) is 0.842. The smallest absolute Gasteiger partial charge is 0.253 e. The highest BCUT2D eigenvalue weighted by Gasteiger charge is 2.13. The lowest BCUT2D eigenvalue weighted by atomic mass is 10.1. The Morgan fingerprint density at radius 3 is 2.45 bits per heavy atom. The third kappa shape index (κ3) is 3.29. The molecule has 0 spiro atoms. The molecule has 4 nitrogen and oxygen atoms in total. The second kappa shape index (κ2) is 5.65. The second-order valence-corrected chi connectivity index (χ2v) is 4.96. The van der Waals surface area contributed by atoms with Crippen molar-refractivity contribution in [1.82, 2.24) is 4.90 Å².